The molecule has 0 aliphatic heterocycles. The first-order chi connectivity index (χ1) is 9.17. The van der Waals surface area contributed by atoms with E-state index in [0.29, 0.717) is 17.2 Å². The van der Waals surface area contributed by atoms with Crippen LogP contribution >= 0.6 is 28.1 Å². The summed E-state index contributed by atoms with van der Waals surface area (Å²) in [6, 6.07) is 1.95. The molecule has 7 heteroatoms. The van der Waals surface area contributed by atoms with Gasteiger partial charge in [0.05, 0.1) is 11.7 Å². The molecule has 0 amide bonds. The van der Waals surface area contributed by atoms with Crippen molar-refractivity contribution in [2.45, 2.75) is 19.9 Å². The highest BCUT2D eigenvalue weighted by Gasteiger charge is 2.10. The third-order valence-corrected chi connectivity index (χ3v) is 3.58. The fourth-order valence-corrected chi connectivity index (χ4v) is 2.48. The number of rotatable bonds is 3. The number of aromatic amines is 1. The molecule has 0 radical (unpaired) electrons. The minimum Gasteiger partial charge on any atom is -0.444 e. The van der Waals surface area contributed by atoms with Crippen molar-refractivity contribution in [3.05, 3.63) is 39.4 Å². The monoisotopic (exact) mass is 338 g/mol. The van der Waals surface area contributed by atoms with Crippen LogP contribution in [0.15, 0.2) is 27.3 Å². The third kappa shape index (κ3) is 2.35. The summed E-state index contributed by atoms with van der Waals surface area (Å²) >= 11 is 8.70. The fourth-order valence-electron chi connectivity index (χ4n) is 1.88. The van der Waals surface area contributed by atoms with E-state index in [9.17, 15) is 0 Å². The maximum Gasteiger partial charge on any atom is 0.214 e. The Balaban J connectivity index is 2.05. The molecule has 5 nitrogen and oxygen atoms in total. The molecule has 19 heavy (non-hydrogen) atoms. The molecule has 98 valence electrons. The van der Waals surface area contributed by atoms with Crippen molar-refractivity contribution in [1.29, 1.82) is 0 Å². The van der Waals surface area contributed by atoms with Gasteiger partial charge in [-0.15, -0.1) is 0 Å². The summed E-state index contributed by atoms with van der Waals surface area (Å²) in [5.41, 5.74) is 1.69. The van der Waals surface area contributed by atoms with Crippen molar-refractivity contribution >= 4 is 39.3 Å². The van der Waals surface area contributed by atoms with E-state index in [1.165, 1.54) is 0 Å². The van der Waals surface area contributed by atoms with Gasteiger partial charge in [0.25, 0.3) is 0 Å². The zero-order valence-electron chi connectivity index (χ0n) is 10.2. The minimum atomic E-state index is 0.480. The first-order valence-corrected chi connectivity index (χ1v) is 7.05. The molecule has 3 rings (SSSR count). The second-order valence-corrected chi connectivity index (χ2v) is 5.42. The Morgan fingerprint density at radius 3 is 3.00 bits per heavy atom. The highest BCUT2D eigenvalue weighted by atomic mass is 79.9. The number of nitrogens with zero attached hydrogens (tertiary/aromatic N) is 3. The number of aromatic nitrogens is 4. The Morgan fingerprint density at radius 1 is 1.42 bits per heavy atom. The number of imidazole rings is 1. The lowest BCUT2D eigenvalue weighted by atomic mass is 10.4. The summed E-state index contributed by atoms with van der Waals surface area (Å²) in [5, 5.41) is 0. The van der Waals surface area contributed by atoms with E-state index in [1.54, 1.807) is 12.4 Å². The summed E-state index contributed by atoms with van der Waals surface area (Å²) < 4.78 is 9.00. The number of fused-ring (bicyclic) bond motifs is 1. The lowest BCUT2D eigenvalue weighted by Gasteiger charge is -2.00. The normalized spacial score (nSPS) is 11.3. The molecule has 0 bridgehead atoms. The summed E-state index contributed by atoms with van der Waals surface area (Å²) in [6.07, 6.45) is 4.32. The van der Waals surface area contributed by atoms with Gasteiger partial charge in [0, 0.05) is 17.1 Å². The summed E-state index contributed by atoms with van der Waals surface area (Å²) in [5.74, 6) is 1.51. The quantitative estimate of drug-likeness (QED) is 0.743. The highest BCUT2D eigenvalue weighted by molar-refractivity contribution is 9.10. The van der Waals surface area contributed by atoms with Crippen LogP contribution in [-0.4, -0.2) is 19.5 Å². The number of halogens is 1. The Kier molecular flexibility index (Phi) is 3.24. The van der Waals surface area contributed by atoms with E-state index in [2.05, 4.69) is 30.9 Å². The Morgan fingerprint density at radius 2 is 2.26 bits per heavy atom. The zero-order valence-corrected chi connectivity index (χ0v) is 12.6. The molecular formula is C12H11BrN4OS. The zero-order chi connectivity index (χ0) is 13.4. The first-order valence-electron chi connectivity index (χ1n) is 5.85. The number of aryl methyl sites for hydroxylation is 1. The maximum absolute atomic E-state index is 5.60. The van der Waals surface area contributed by atoms with Crippen molar-refractivity contribution < 1.29 is 4.42 Å². The second kappa shape index (κ2) is 4.90. The number of hydrogen-bond donors (Lipinski definition) is 1. The molecule has 0 spiro atoms. The van der Waals surface area contributed by atoms with Gasteiger partial charge in [0.15, 0.2) is 10.4 Å². The molecule has 0 saturated carbocycles. The van der Waals surface area contributed by atoms with Crippen LogP contribution < -0.4 is 0 Å². The number of hydrogen-bond acceptors (Lipinski definition) is 4. The summed E-state index contributed by atoms with van der Waals surface area (Å²) in [4.78, 5) is 11.7. The topological polar surface area (TPSA) is 59.6 Å². The molecule has 0 aromatic carbocycles. The molecule has 0 fully saturated rings. The van der Waals surface area contributed by atoms with Gasteiger partial charge >= 0.3 is 0 Å². The average molecular weight is 339 g/mol. The van der Waals surface area contributed by atoms with Crippen LogP contribution in [0.25, 0.3) is 11.2 Å². The van der Waals surface area contributed by atoms with Crippen LogP contribution in [0, 0.1) is 4.77 Å². The summed E-state index contributed by atoms with van der Waals surface area (Å²) in [7, 11) is 0. The van der Waals surface area contributed by atoms with Gasteiger partial charge in [-0.2, -0.15) is 0 Å². The van der Waals surface area contributed by atoms with Crippen LogP contribution in [0.5, 0.6) is 0 Å². The van der Waals surface area contributed by atoms with E-state index in [0.717, 1.165) is 27.8 Å². The Bertz CT molecular complexity index is 788. The summed E-state index contributed by atoms with van der Waals surface area (Å²) in [6.45, 7) is 2.51. The van der Waals surface area contributed by atoms with Crippen LogP contribution in [-0.2, 0) is 13.0 Å². The second-order valence-electron chi connectivity index (χ2n) is 4.11. The predicted octanol–water partition coefficient (Wildman–Crippen LogP) is 3.46. The van der Waals surface area contributed by atoms with Crippen molar-refractivity contribution in [3.8, 4) is 0 Å². The largest absolute Gasteiger partial charge is 0.444 e. The van der Waals surface area contributed by atoms with Gasteiger partial charge in [-0.1, -0.05) is 6.92 Å². The van der Waals surface area contributed by atoms with Gasteiger partial charge in [0.2, 0.25) is 5.89 Å². The lowest BCUT2D eigenvalue weighted by molar-refractivity contribution is 0.447. The molecule has 0 unspecified atom stereocenters. The predicted molar refractivity (Wildman–Crippen MR) is 77.6 cm³/mol. The van der Waals surface area contributed by atoms with Gasteiger partial charge in [-0.25, -0.2) is 9.97 Å². The van der Waals surface area contributed by atoms with Crippen LogP contribution in [0.2, 0.25) is 0 Å². The number of H-pyrrole nitrogens is 1. The Labute approximate surface area is 122 Å². The molecule has 0 aliphatic rings. The van der Waals surface area contributed by atoms with Gasteiger partial charge in [0.1, 0.15) is 12.3 Å². The fraction of sp³-hybridized carbons (Fsp3) is 0.250. The molecule has 3 aromatic rings. The number of oxazole rings is 1. The maximum atomic E-state index is 5.60. The van der Waals surface area contributed by atoms with E-state index < -0.39 is 0 Å². The van der Waals surface area contributed by atoms with E-state index >= 15 is 0 Å². The van der Waals surface area contributed by atoms with E-state index in [1.807, 2.05) is 17.6 Å². The highest BCUT2D eigenvalue weighted by Crippen LogP contribution is 2.18. The first kappa shape index (κ1) is 12.6. The van der Waals surface area contributed by atoms with Gasteiger partial charge < -0.3 is 9.40 Å². The molecule has 3 heterocycles. The van der Waals surface area contributed by atoms with Crippen molar-refractivity contribution in [2.75, 3.05) is 0 Å². The Hall–Kier alpha value is -1.47. The molecule has 3 aromatic heterocycles. The number of nitrogens with one attached hydrogen (secondary N) is 1. The van der Waals surface area contributed by atoms with Crippen LogP contribution in [0.1, 0.15) is 18.6 Å². The number of pyridine rings is 1. The molecule has 1 N–H and O–H groups in total. The van der Waals surface area contributed by atoms with Gasteiger partial charge in [-0.3, -0.25) is 4.57 Å². The standard InChI is InChI=1S/C12H11BrN4OS/c1-2-8-5-14-10(18-8)6-17-11-9(16-12(17)19)3-7(13)4-15-11/h3-5H,2,6H2,1H3,(H,16,19). The molecule has 0 atom stereocenters. The van der Waals surface area contributed by atoms with Crippen molar-refractivity contribution in [1.82, 2.24) is 19.5 Å². The van der Waals surface area contributed by atoms with Crippen LogP contribution in [0.4, 0.5) is 0 Å². The average Bonchev–Trinajstić information content (AvgIpc) is 2.95. The minimum absolute atomic E-state index is 0.480. The van der Waals surface area contributed by atoms with Crippen molar-refractivity contribution in [2.24, 2.45) is 0 Å². The van der Waals surface area contributed by atoms with Gasteiger partial charge in [-0.05, 0) is 34.2 Å². The van der Waals surface area contributed by atoms with Crippen molar-refractivity contribution in [3.63, 3.8) is 0 Å². The van der Waals surface area contributed by atoms with Crippen LogP contribution in [0.3, 0.4) is 0 Å². The molecule has 0 aliphatic carbocycles. The molecular weight excluding hydrogens is 328 g/mol. The SMILES string of the molecule is CCc1cnc(Cn2c(=S)[nH]c3cc(Br)cnc32)o1. The molecule has 0 saturated heterocycles. The smallest absolute Gasteiger partial charge is 0.214 e. The lowest BCUT2D eigenvalue weighted by Crippen LogP contribution is -2.00. The third-order valence-electron chi connectivity index (χ3n) is 2.82. The van der Waals surface area contributed by atoms with E-state index in [4.69, 9.17) is 16.6 Å². The van der Waals surface area contributed by atoms with E-state index in [-0.39, 0.29) is 0 Å².